The number of piperidine rings is 1. The summed E-state index contributed by atoms with van der Waals surface area (Å²) in [6.45, 7) is 6.47. The lowest BCUT2D eigenvalue weighted by Crippen LogP contribution is -2.45. The van der Waals surface area contributed by atoms with Gasteiger partial charge in [0.15, 0.2) is 0 Å². The average molecular weight is 311 g/mol. The molecule has 0 aliphatic carbocycles. The zero-order chi connectivity index (χ0) is 15.5. The summed E-state index contributed by atoms with van der Waals surface area (Å²) in [6, 6.07) is 8.19. The highest BCUT2D eigenvalue weighted by molar-refractivity contribution is 6.30. The second-order valence-electron chi connectivity index (χ2n) is 6.43. The first-order valence-corrected chi connectivity index (χ1v) is 7.70. The number of nitrogens with one attached hydrogen (secondary N) is 2. The first-order valence-electron chi connectivity index (χ1n) is 7.32. The number of halogens is 1. The Hall–Kier alpha value is -1.26. The minimum absolute atomic E-state index is 0.127. The Kier molecular flexibility index (Phi) is 5.12. The van der Waals surface area contributed by atoms with Crippen LogP contribution >= 0.6 is 11.6 Å². The molecule has 1 saturated heterocycles. The Morgan fingerprint density at radius 2 is 2.00 bits per heavy atom. The third-order valence-electron chi connectivity index (χ3n) is 3.40. The van der Waals surface area contributed by atoms with E-state index in [1.165, 1.54) is 5.56 Å². The van der Waals surface area contributed by atoms with Gasteiger partial charge in [0.2, 0.25) is 0 Å². The molecule has 21 heavy (non-hydrogen) atoms. The molecule has 1 aliphatic heterocycles. The standard InChI is InChI=1S/C16H23ClN2O2/c1-16(2,3)21-15(20)19-13-8-9-18-14(10-13)11-4-6-12(17)7-5-11/h4-7,13-14,18H,8-10H2,1-3H3,(H,19,20). The maximum absolute atomic E-state index is 11.8. The summed E-state index contributed by atoms with van der Waals surface area (Å²) in [7, 11) is 0. The zero-order valence-corrected chi connectivity index (χ0v) is 13.5. The van der Waals surface area contributed by atoms with Crippen LogP contribution < -0.4 is 10.6 Å². The van der Waals surface area contributed by atoms with Gasteiger partial charge in [0.05, 0.1) is 0 Å². The highest BCUT2D eigenvalue weighted by atomic mass is 35.5. The van der Waals surface area contributed by atoms with Crippen LogP contribution in [0.3, 0.4) is 0 Å². The maximum Gasteiger partial charge on any atom is 0.407 e. The number of carbonyl (C=O) groups is 1. The van der Waals surface area contributed by atoms with Gasteiger partial charge in [0.1, 0.15) is 5.60 Å². The Morgan fingerprint density at radius 3 is 2.62 bits per heavy atom. The van der Waals surface area contributed by atoms with Crippen molar-refractivity contribution >= 4 is 17.7 Å². The molecule has 0 spiro atoms. The number of hydrogen-bond acceptors (Lipinski definition) is 3. The molecule has 5 heteroatoms. The lowest BCUT2D eigenvalue weighted by molar-refractivity contribution is 0.0490. The van der Waals surface area contributed by atoms with Crippen LogP contribution in [0, 0.1) is 0 Å². The van der Waals surface area contributed by atoms with Crippen molar-refractivity contribution in [3.05, 3.63) is 34.9 Å². The number of ether oxygens (including phenoxy) is 1. The van der Waals surface area contributed by atoms with Crippen molar-refractivity contribution in [2.24, 2.45) is 0 Å². The van der Waals surface area contributed by atoms with Crippen LogP contribution in [0.1, 0.15) is 45.2 Å². The number of carbonyl (C=O) groups excluding carboxylic acids is 1. The second kappa shape index (κ2) is 6.67. The van der Waals surface area contributed by atoms with Crippen LogP contribution in [0.5, 0.6) is 0 Å². The van der Waals surface area contributed by atoms with E-state index in [2.05, 4.69) is 10.6 Å². The van der Waals surface area contributed by atoms with Gasteiger partial charge in [0, 0.05) is 17.1 Å². The van der Waals surface area contributed by atoms with Gasteiger partial charge in [-0.15, -0.1) is 0 Å². The van der Waals surface area contributed by atoms with Gasteiger partial charge in [-0.2, -0.15) is 0 Å². The zero-order valence-electron chi connectivity index (χ0n) is 12.8. The molecule has 1 heterocycles. The average Bonchev–Trinajstić information content (AvgIpc) is 2.37. The van der Waals surface area contributed by atoms with Gasteiger partial charge in [0.25, 0.3) is 0 Å². The normalized spacial score (nSPS) is 22.7. The minimum Gasteiger partial charge on any atom is -0.444 e. The SMILES string of the molecule is CC(C)(C)OC(=O)NC1CCNC(c2ccc(Cl)cc2)C1. The van der Waals surface area contributed by atoms with Crippen molar-refractivity contribution < 1.29 is 9.53 Å². The number of rotatable bonds is 2. The van der Waals surface area contributed by atoms with Crippen molar-refractivity contribution in [3.63, 3.8) is 0 Å². The molecule has 0 bridgehead atoms. The summed E-state index contributed by atoms with van der Waals surface area (Å²) < 4.78 is 5.31. The summed E-state index contributed by atoms with van der Waals surface area (Å²) in [5.41, 5.74) is 0.724. The van der Waals surface area contributed by atoms with Gasteiger partial charge < -0.3 is 15.4 Å². The molecule has 1 aliphatic rings. The van der Waals surface area contributed by atoms with E-state index in [1.54, 1.807) is 0 Å². The first kappa shape index (κ1) is 16.1. The Bertz CT molecular complexity index is 482. The number of benzene rings is 1. The molecule has 116 valence electrons. The predicted molar refractivity (Wildman–Crippen MR) is 84.6 cm³/mol. The van der Waals surface area contributed by atoms with Crippen molar-refractivity contribution in [3.8, 4) is 0 Å². The summed E-state index contributed by atoms with van der Waals surface area (Å²) in [6.07, 6.45) is 1.41. The van der Waals surface area contributed by atoms with Crippen LogP contribution in [0.25, 0.3) is 0 Å². The third kappa shape index (κ3) is 5.21. The lowest BCUT2D eigenvalue weighted by Gasteiger charge is -2.32. The van der Waals surface area contributed by atoms with Crippen molar-refractivity contribution in [1.82, 2.24) is 10.6 Å². The predicted octanol–water partition coefficient (Wildman–Crippen LogP) is 3.66. The smallest absolute Gasteiger partial charge is 0.407 e. The van der Waals surface area contributed by atoms with E-state index in [0.717, 1.165) is 24.4 Å². The topological polar surface area (TPSA) is 50.4 Å². The van der Waals surface area contributed by atoms with Crippen molar-refractivity contribution in [2.75, 3.05) is 6.54 Å². The first-order chi connectivity index (χ1) is 9.83. The molecule has 2 atom stereocenters. The largest absolute Gasteiger partial charge is 0.444 e. The lowest BCUT2D eigenvalue weighted by atomic mass is 9.94. The van der Waals surface area contributed by atoms with E-state index in [1.807, 2.05) is 45.0 Å². The van der Waals surface area contributed by atoms with Gasteiger partial charge >= 0.3 is 6.09 Å². The minimum atomic E-state index is -0.466. The van der Waals surface area contributed by atoms with E-state index in [0.29, 0.717) is 0 Å². The summed E-state index contributed by atoms with van der Waals surface area (Å²) >= 11 is 5.92. The van der Waals surface area contributed by atoms with E-state index < -0.39 is 5.60 Å². The summed E-state index contributed by atoms with van der Waals surface area (Å²) in [4.78, 5) is 11.8. The molecule has 0 radical (unpaired) electrons. The molecule has 0 saturated carbocycles. The van der Waals surface area contributed by atoms with Crippen LogP contribution in [-0.2, 0) is 4.74 Å². The van der Waals surface area contributed by atoms with Crippen LogP contribution in [0.4, 0.5) is 4.79 Å². The fourth-order valence-corrected chi connectivity index (χ4v) is 2.60. The third-order valence-corrected chi connectivity index (χ3v) is 3.65. The molecule has 0 aromatic heterocycles. The Labute approximate surface area is 131 Å². The monoisotopic (exact) mass is 310 g/mol. The molecule has 2 N–H and O–H groups in total. The van der Waals surface area contributed by atoms with Crippen LogP contribution in [0.15, 0.2) is 24.3 Å². The van der Waals surface area contributed by atoms with Gasteiger partial charge in [-0.3, -0.25) is 0 Å². The van der Waals surface area contributed by atoms with E-state index in [9.17, 15) is 4.79 Å². The fourth-order valence-electron chi connectivity index (χ4n) is 2.47. The number of hydrogen-bond donors (Lipinski definition) is 2. The molecule has 2 unspecified atom stereocenters. The molecule has 1 aromatic carbocycles. The van der Waals surface area contributed by atoms with Crippen LogP contribution in [0.2, 0.25) is 5.02 Å². The second-order valence-corrected chi connectivity index (χ2v) is 6.86. The highest BCUT2D eigenvalue weighted by Crippen LogP contribution is 2.24. The highest BCUT2D eigenvalue weighted by Gasteiger charge is 2.25. The quantitative estimate of drug-likeness (QED) is 0.876. The number of alkyl carbamates (subject to hydrolysis) is 1. The molecule has 2 rings (SSSR count). The maximum atomic E-state index is 11.8. The molecule has 4 nitrogen and oxygen atoms in total. The van der Waals surface area contributed by atoms with Crippen LogP contribution in [-0.4, -0.2) is 24.3 Å². The van der Waals surface area contributed by atoms with Gasteiger partial charge in [-0.1, -0.05) is 23.7 Å². The van der Waals surface area contributed by atoms with E-state index >= 15 is 0 Å². The van der Waals surface area contributed by atoms with Crippen molar-refractivity contribution in [1.29, 1.82) is 0 Å². The molecule has 1 amide bonds. The molecule has 1 fully saturated rings. The summed E-state index contributed by atoms with van der Waals surface area (Å²) in [5, 5.41) is 7.16. The number of amides is 1. The van der Waals surface area contributed by atoms with E-state index in [-0.39, 0.29) is 18.2 Å². The summed E-state index contributed by atoms with van der Waals surface area (Å²) in [5.74, 6) is 0. The molecule has 1 aromatic rings. The van der Waals surface area contributed by atoms with E-state index in [4.69, 9.17) is 16.3 Å². The fraction of sp³-hybridized carbons (Fsp3) is 0.562. The molecular formula is C16H23ClN2O2. The Morgan fingerprint density at radius 1 is 1.33 bits per heavy atom. The van der Waals surface area contributed by atoms with Gasteiger partial charge in [-0.05, 0) is 57.9 Å². The Balaban J connectivity index is 1.91. The van der Waals surface area contributed by atoms with Gasteiger partial charge in [-0.25, -0.2) is 4.79 Å². The van der Waals surface area contributed by atoms with Crippen molar-refractivity contribution in [2.45, 2.75) is 51.3 Å². The molecular weight excluding hydrogens is 288 g/mol.